The van der Waals surface area contributed by atoms with Crippen LogP contribution in [0, 0.1) is 5.92 Å². The van der Waals surface area contributed by atoms with E-state index >= 15 is 0 Å². The zero-order chi connectivity index (χ0) is 16.4. The van der Waals surface area contributed by atoms with Gasteiger partial charge in [-0.1, -0.05) is 30.3 Å². The van der Waals surface area contributed by atoms with Gasteiger partial charge in [-0.15, -0.1) is 0 Å². The zero-order valence-electron chi connectivity index (χ0n) is 11.8. The van der Waals surface area contributed by atoms with Gasteiger partial charge in [0.05, 0.1) is 5.92 Å². The summed E-state index contributed by atoms with van der Waals surface area (Å²) in [6, 6.07) is 8.14. The third-order valence-corrected chi connectivity index (χ3v) is 2.52. The number of benzene rings is 1. The van der Waals surface area contributed by atoms with E-state index in [0.29, 0.717) is 6.54 Å². The summed E-state index contributed by atoms with van der Waals surface area (Å²) in [5.41, 5.74) is 0.913. The predicted octanol–water partition coefficient (Wildman–Crippen LogP) is 1.04. The molecule has 1 aromatic carbocycles. The first-order valence-electron chi connectivity index (χ1n) is 6.18. The Bertz CT molecular complexity index is 470. The molecule has 0 amide bonds. The average molecular weight is 297 g/mol. The van der Waals surface area contributed by atoms with Crippen LogP contribution in [0.25, 0.3) is 0 Å². The Morgan fingerprint density at radius 2 is 1.52 bits per heavy atom. The minimum Gasteiger partial charge on any atom is -0.481 e. The molecule has 0 saturated carbocycles. The summed E-state index contributed by atoms with van der Waals surface area (Å²) in [5.74, 6) is -4.09. The van der Waals surface area contributed by atoms with Gasteiger partial charge in [-0.3, -0.25) is 19.7 Å². The van der Waals surface area contributed by atoms with E-state index in [0.717, 1.165) is 12.5 Å². The number of carboxylic acid groups (broad SMARTS) is 3. The van der Waals surface area contributed by atoms with Gasteiger partial charge in [-0.25, -0.2) is 0 Å². The number of aliphatic carboxylic acids is 3. The van der Waals surface area contributed by atoms with Gasteiger partial charge >= 0.3 is 11.9 Å². The fourth-order valence-electron chi connectivity index (χ4n) is 1.44. The van der Waals surface area contributed by atoms with E-state index in [9.17, 15) is 9.59 Å². The molecule has 0 aliphatic heterocycles. The molecule has 2 atom stereocenters. The lowest BCUT2D eigenvalue weighted by Gasteiger charge is -2.18. The maximum Gasteiger partial charge on any atom is 0.321 e. The minimum atomic E-state index is -1.16. The molecule has 21 heavy (non-hydrogen) atoms. The highest BCUT2D eigenvalue weighted by molar-refractivity contribution is 5.82. The Kier molecular flexibility index (Phi) is 8.40. The van der Waals surface area contributed by atoms with E-state index in [2.05, 4.69) is 5.32 Å². The van der Waals surface area contributed by atoms with Crippen LogP contribution in [-0.2, 0) is 20.9 Å². The van der Waals surface area contributed by atoms with Crippen LogP contribution in [0.1, 0.15) is 19.4 Å². The molecule has 4 N–H and O–H groups in total. The molecule has 7 heteroatoms. The predicted molar refractivity (Wildman–Crippen MR) is 74.8 cm³/mol. The summed E-state index contributed by atoms with van der Waals surface area (Å²) in [7, 11) is 0. The van der Waals surface area contributed by atoms with Crippen LogP contribution in [0.4, 0.5) is 0 Å². The van der Waals surface area contributed by atoms with Gasteiger partial charge in [0, 0.05) is 13.5 Å². The average Bonchev–Trinajstić information content (AvgIpc) is 2.38. The second kappa shape index (κ2) is 9.49. The maximum atomic E-state index is 10.9. The summed E-state index contributed by atoms with van der Waals surface area (Å²) in [4.78, 5) is 30.7. The molecule has 0 spiro atoms. The molecule has 1 rings (SSSR count). The molecule has 7 nitrogen and oxygen atoms in total. The third-order valence-electron chi connectivity index (χ3n) is 2.52. The van der Waals surface area contributed by atoms with Gasteiger partial charge < -0.3 is 15.3 Å². The lowest BCUT2D eigenvalue weighted by Crippen LogP contribution is -2.44. The summed E-state index contributed by atoms with van der Waals surface area (Å²) >= 11 is 0. The highest BCUT2D eigenvalue weighted by Gasteiger charge is 2.29. The third kappa shape index (κ3) is 8.38. The summed E-state index contributed by atoms with van der Waals surface area (Å²) in [6.45, 7) is 2.79. The Labute approximate surface area is 122 Å². The SMILES string of the molecule is CC(=O)O.CC(C(=O)O)C(NCc1ccccc1)C(=O)O. The van der Waals surface area contributed by atoms with Crippen molar-refractivity contribution in [3.05, 3.63) is 35.9 Å². The number of rotatable bonds is 6. The molecule has 0 bridgehead atoms. The van der Waals surface area contributed by atoms with Crippen LogP contribution in [0.3, 0.4) is 0 Å². The molecule has 116 valence electrons. The fourth-order valence-corrected chi connectivity index (χ4v) is 1.44. The molecule has 0 heterocycles. The van der Waals surface area contributed by atoms with Gasteiger partial charge in [0.2, 0.25) is 0 Å². The van der Waals surface area contributed by atoms with Gasteiger partial charge in [0.1, 0.15) is 6.04 Å². The topological polar surface area (TPSA) is 124 Å². The van der Waals surface area contributed by atoms with Crippen molar-refractivity contribution in [2.75, 3.05) is 0 Å². The van der Waals surface area contributed by atoms with E-state index in [-0.39, 0.29) is 0 Å². The fraction of sp³-hybridized carbons (Fsp3) is 0.357. The molecule has 0 fully saturated rings. The van der Waals surface area contributed by atoms with Crippen molar-refractivity contribution in [2.45, 2.75) is 26.4 Å². The second-order valence-corrected chi connectivity index (χ2v) is 4.33. The monoisotopic (exact) mass is 297 g/mol. The van der Waals surface area contributed by atoms with Crippen LogP contribution in [0.2, 0.25) is 0 Å². The second-order valence-electron chi connectivity index (χ2n) is 4.33. The van der Waals surface area contributed by atoms with Crippen LogP contribution in [0.15, 0.2) is 30.3 Å². The van der Waals surface area contributed by atoms with E-state index in [4.69, 9.17) is 20.1 Å². The van der Waals surface area contributed by atoms with Gasteiger partial charge in [0.15, 0.2) is 0 Å². The molecule has 0 aliphatic carbocycles. The molecule has 2 unspecified atom stereocenters. The smallest absolute Gasteiger partial charge is 0.321 e. The van der Waals surface area contributed by atoms with Crippen molar-refractivity contribution in [2.24, 2.45) is 5.92 Å². The van der Waals surface area contributed by atoms with E-state index in [1.54, 1.807) is 0 Å². The molecule has 0 aromatic heterocycles. The Balaban J connectivity index is 0.000000885. The molecular formula is C14H19NO6. The summed E-state index contributed by atoms with van der Waals surface area (Å²) in [6.07, 6.45) is 0. The van der Waals surface area contributed by atoms with Gasteiger partial charge in [0.25, 0.3) is 5.97 Å². The van der Waals surface area contributed by atoms with Crippen LogP contribution in [-0.4, -0.2) is 39.3 Å². The van der Waals surface area contributed by atoms with E-state index in [1.807, 2.05) is 30.3 Å². The lowest BCUT2D eigenvalue weighted by molar-refractivity contribution is -0.150. The van der Waals surface area contributed by atoms with Gasteiger partial charge in [-0.2, -0.15) is 0 Å². The highest BCUT2D eigenvalue weighted by Crippen LogP contribution is 2.06. The van der Waals surface area contributed by atoms with E-state index < -0.39 is 29.9 Å². The summed E-state index contributed by atoms with van der Waals surface area (Å²) < 4.78 is 0. The largest absolute Gasteiger partial charge is 0.481 e. The van der Waals surface area contributed by atoms with Crippen molar-refractivity contribution in [3.63, 3.8) is 0 Å². The van der Waals surface area contributed by atoms with Crippen molar-refractivity contribution >= 4 is 17.9 Å². The quantitative estimate of drug-likeness (QED) is 0.618. The number of nitrogens with one attached hydrogen (secondary N) is 1. The van der Waals surface area contributed by atoms with Crippen molar-refractivity contribution in [1.82, 2.24) is 5.32 Å². The van der Waals surface area contributed by atoms with Crippen LogP contribution >= 0.6 is 0 Å². The van der Waals surface area contributed by atoms with Crippen LogP contribution < -0.4 is 5.32 Å². The van der Waals surface area contributed by atoms with Gasteiger partial charge in [-0.05, 0) is 12.5 Å². The number of hydrogen-bond donors (Lipinski definition) is 4. The first-order chi connectivity index (χ1) is 9.75. The number of carboxylic acids is 3. The minimum absolute atomic E-state index is 0.329. The summed E-state index contributed by atoms with van der Waals surface area (Å²) in [5, 5.41) is 27.9. The Morgan fingerprint density at radius 3 is 1.90 bits per heavy atom. The van der Waals surface area contributed by atoms with Crippen molar-refractivity contribution in [1.29, 1.82) is 0 Å². The van der Waals surface area contributed by atoms with Crippen LogP contribution in [0.5, 0.6) is 0 Å². The highest BCUT2D eigenvalue weighted by atomic mass is 16.4. The number of carbonyl (C=O) groups is 3. The molecule has 0 radical (unpaired) electrons. The standard InChI is InChI=1S/C12H15NO4.C2H4O2/c1-8(11(14)15)10(12(16)17)13-7-9-5-3-2-4-6-9;1-2(3)4/h2-6,8,10,13H,7H2,1H3,(H,14,15)(H,16,17);1H3,(H,3,4). The normalized spacial score (nSPS) is 12.5. The molecule has 0 aliphatic rings. The lowest BCUT2D eigenvalue weighted by atomic mass is 10.0. The maximum absolute atomic E-state index is 10.9. The molecule has 0 saturated heterocycles. The van der Waals surface area contributed by atoms with Crippen molar-refractivity contribution in [3.8, 4) is 0 Å². The molecule has 1 aromatic rings. The first-order valence-corrected chi connectivity index (χ1v) is 6.18. The zero-order valence-corrected chi connectivity index (χ0v) is 11.8. The van der Waals surface area contributed by atoms with Crippen molar-refractivity contribution < 1.29 is 29.7 Å². The Morgan fingerprint density at radius 1 is 1.05 bits per heavy atom. The molecular weight excluding hydrogens is 278 g/mol. The van der Waals surface area contributed by atoms with E-state index in [1.165, 1.54) is 6.92 Å². The number of hydrogen-bond acceptors (Lipinski definition) is 4. The Hall–Kier alpha value is -2.41. The first kappa shape index (κ1) is 18.6.